The molecule has 0 bridgehead atoms. The van der Waals surface area contributed by atoms with Crippen molar-refractivity contribution in [3.63, 3.8) is 0 Å². The third kappa shape index (κ3) is 2.88. The van der Waals surface area contributed by atoms with Crippen LogP contribution >= 0.6 is 0 Å². The van der Waals surface area contributed by atoms with Crippen LogP contribution in [0.15, 0.2) is 48.5 Å². The first-order chi connectivity index (χ1) is 10.3. The van der Waals surface area contributed by atoms with Gasteiger partial charge in [0.1, 0.15) is 0 Å². The predicted octanol–water partition coefficient (Wildman–Crippen LogP) is 3.38. The minimum atomic E-state index is 0.941. The zero-order valence-corrected chi connectivity index (χ0v) is 12.8. The quantitative estimate of drug-likeness (QED) is 0.927. The number of benzene rings is 2. The van der Waals surface area contributed by atoms with Crippen LogP contribution in [0.4, 0.5) is 17.1 Å². The average molecular weight is 281 g/mol. The number of hydrogen-bond donors (Lipinski definition) is 1. The fraction of sp³-hybridized carbons (Fsp3) is 0.333. The standard InChI is InChI=1S/C18H23N3/c1-3-19-14-15-8-10-16(11-9-15)21-13-12-20(2)17-6-4-5-7-18(17)21/h4-11,19H,3,12-14H2,1-2H3. The number of nitrogens with zero attached hydrogens (tertiary/aromatic N) is 2. The highest BCUT2D eigenvalue weighted by atomic mass is 15.3. The second kappa shape index (κ2) is 6.19. The van der Waals surface area contributed by atoms with E-state index in [2.05, 4.69) is 77.6 Å². The number of hydrogen-bond acceptors (Lipinski definition) is 3. The van der Waals surface area contributed by atoms with Crippen molar-refractivity contribution in [2.24, 2.45) is 0 Å². The molecule has 2 aromatic rings. The molecule has 2 aromatic carbocycles. The zero-order chi connectivity index (χ0) is 14.7. The van der Waals surface area contributed by atoms with Crippen molar-refractivity contribution in [1.29, 1.82) is 0 Å². The van der Waals surface area contributed by atoms with Crippen LogP contribution in [0, 0.1) is 0 Å². The Kier molecular flexibility index (Phi) is 4.11. The van der Waals surface area contributed by atoms with Crippen LogP contribution in [-0.2, 0) is 6.54 Å². The van der Waals surface area contributed by atoms with E-state index in [-0.39, 0.29) is 0 Å². The van der Waals surface area contributed by atoms with Gasteiger partial charge < -0.3 is 15.1 Å². The van der Waals surface area contributed by atoms with Crippen molar-refractivity contribution in [1.82, 2.24) is 5.32 Å². The summed E-state index contributed by atoms with van der Waals surface area (Å²) in [4.78, 5) is 4.73. The molecular weight excluding hydrogens is 258 g/mol. The number of para-hydroxylation sites is 2. The molecule has 0 spiro atoms. The van der Waals surface area contributed by atoms with Gasteiger partial charge in [0.15, 0.2) is 0 Å². The van der Waals surface area contributed by atoms with E-state index in [1.54, 1.807) is 0 Å². The van der Waals surface area contributed by atoms with E-state index in [1.807, 2.05) is 0 Å². The summed E-state index contributed by atoms with van der Waals surface area (Å²) in [5.41, 5.74) is 5.21. The van der Waals surface area contributed by atoms with Crippen molar-refractivity contribution in [3.05, 3.63) is 54.1 Å². The maximum Gasteiger partial charge on any atom is 0.0649 e. The summed E-state index contributed by atoms with van der Waals surface area (Å²) in [7, 11) is 2.16. The van der Waals surface area contributed by atoms with Crippen LogP contribution in [-0.4, -0.2) is 26.7 Å². The predicted molar refractivity (Wildman–Crippen MR) is 90.5 cm³/mol. The molecular formula is C18H23N3. The lowest BCUT2D eigenvalue weighted by atomic mass is 10.1. The Morgan fingerprint density at radius 1 is 0.952 bits per heavy atom. The van der Waals surface area contributed by atoms with E-state index < -0.39 is 0 Å². The SMILES string of the molecule is CCNCc1ccc(N2CCN(C)c3ccccc32)cc1. The summed E-state index contributed by atoms with van der Waals surface area (Å²) < 4.78 is 0. The van der Waals surface area contributed by atoms with Crippen LogP contribution < -0.4 is 15.1 Å². The molecule has 110 valence electrons. The minimum Gasteiger partial charge on any atom is -0.371 e. The van der Waals surface area contributed by atoms with Crippen LogP contribution in [0.5, 0.6) is 0 Å². The summed E-state index contributed by atoms with van der Waals surface area (Å²) in [6.45, 7) is 6.16. The van der Waals surface area contributed by atoms with Gasteiger partial charge in [-0.25, -0.2) is 0 Å². The normalized spacial score (nSPS) is 14.2. The number of nitrogens with one attached hydrogen (secondary N) is 1. The lowest BCUT2D eigenvalue weighted by Gasteiger charge is -2.37. The van der Waals surface area contributed by atoms with Gasteiger partial charge in [-0.1, -0.05) is 31.2 Å². The van der Waals surface area contributed by atoms with Gasteiger partial charge in [0.05, 0.1) is 11.4 Å². The Balaban J connectivity index is 1.86. The molecule has 0 fully saturated rings. The highest BCUT2D eigenvalue weighted by Gasteiger charge is 2.20. The molecule has 21 heavy (non-hydrogen) atoms. The molecule has 0 unspecified atom stereocenters. The third-order valence-electron chi connectivity index (χ3n) is 4.07. The highest BCUT2D eigenvalue weighted by Crippen LogP contribution is 2.36. The molecule has 1 aliphatic heterocycles. The smallest absolute Gasteiger partial charge is 0.0649 e. The van der Waals surface area contributed by atoms with Crippen molar-refractivity contribution in [2.45, 2.75) is 13.5 Å². The summed E-state index contributed by atoms with van der Waals surface area (Å²) in [5, 5.41) is 3.36. The van der Waals surface area contributed by atoms with Crippen molar-refractivity contribution in [3.8, 4) is 0 Å². The van der Waals surface area contributed by atoms with Crippen LogP contribution in [0.25, 0.3) is 0 Å². The zero-order valence-electron chi connectivity index (χ0n) is 12.8. The van der Waals surface area contributed by atoms with Gasteiger partial charge in [-0.3, -0.25) is 0 Å². The second-order valence-corrected chi connectivity index (χ2v) is 5.51. The first-order valence-electron chi connectivity index (χ1n) is 7.67. The van der Waals surface area contributed by atoms with Crippen LogP contribution in [0.2, 0.25) is 0 Å². The van der Waals surface area contributed by atoms with E-state index in [0.717, 1.165) is 26.2 Å². The molecule has 0 saturated heterocycles. The van der Waals surface area contributed by atoms with Gasteiger partial charge in [-0.15, -0.1) is 0 Å². The Labute approximate surface area is 127 Å². The van der Waals surface area contributed by atoms with Crippen molar-refractivity contribution < 1.29 is 0 Å². The van der Waals surface area contributed by atoms with E-state index in [4.69, 9.17) is 0 Å². The molecule has 3 nitrogen and oxygen atoms in total. The average Bonchev–Trinajstić information content (AvgIpc) is 2.54. The van der Waals surface area contributed by atoms with Crippen molar-refractivity contribution in [2.75, 3.05) is 36.5 Å². The largest absolute Gasteiger partial charge is 0.371 e. The molecule has 0 aliphatic carbocycles. The molecule has 3 heteroatoms. The minimum absolute atomic E-state index is 0.941. The molecule has 1 N–H and O–H groups in total. The van der Waals surface area contributed by atoms with E-state index in [9.17, 15) is 0 Å². The molecule has 0 aromatic heterocycles. The van der Waals surface area contributed by atoms with Crippen molar-refractivity contribution >= 4 is 17.1 Å². The summed E-state index contributed by atoms with van der Waals surface area (Å²) in [5.74, 6) is 0. The van der Waals surface area contributed by atoms with E-state index in [1.165, 1.54) is 22.6 Å². The van der Waals surface area contributed by atoms with Gasteiger partial charge in [0, 0.05) is 32.4 Å². The molecule has 1 aliphatic rings. The maximum atomic E-state index is 3.36. The molecule has 0 radical (unpaired) electrons. The summed E-state index contributed by atoms with van der Waals surface area (Å²) in [6.07, 6.45) is 0. The Bertz CT molecular complexity index is 592. The van der Waals surface area contributed by atoms with E-state index in [0.29, 0.717) is 0 Å². The Morgan fingerprint density at radius 2 is 1.67 bits per heavy atom. The maximum absolute atomic E-state index is 3.36. The molecule has 0 atom stereocenters. The molecule has 1 heterocycles. The van der Waals surface area contributed by atoms with E-state index >= 15 is 0 Å². The van der Waals surface area contributed by atoms with Crippen LogP contribution in [0.3, 0.4) is 0 Å². The lowest BCUT2D eigenvalue weighted by molar-refractivity contribution is 0.726. The molecule has 0 saturated carbocycles. The summed E-state index contributed by atoms with van der Waals surface area (Å²) >= 11 is 0. The molecule has 3 rings (SSSR count). The third-order valence-corrected chi connectivity index (χ3v) is 4.07. The molecule has 0 amide bonds. The number of rotatable bonds is 4. The second-order valence-electron chi connectivity index (χ2n) is 5.51. The number of anilines is 3. The monoisotopic (exact) mass is 281 g/mol. The lowest BCUT2D eigenvalue weighted by Crippen LogP contribution is -2.36. The topological polar surface area (TPSA) is 18.5 Å². The first-order valence-corrected chi connectivity index (χ1v) is 7.67. The first kappa shape index (κ1) is 14.0. The Hall–Kier alpha value is -2.00. The highest BCUT2D eigenvalue weighted by molar-refractivity contribution is 5.79. The number of fused-ring (bicyclic) bond motifs is 1. The summed E-state index contributed by atoms with van der Waals surface area (Å²) in [6, 6.07) is 17.5. The van der Waals surface area contributed by atoms with Gasteiger partial charge in [-0.2, -0.15) is 0 Å². The fourth-order valence-corrected chi connectivity index (χ4v) is 2.84. The Morgan fingerprint density at radius 3 is 2.38 bits per heavy atom. The van der Waals surface area contributed by atoms with Crippen LogP contribution in [0.1, 0.15) is 12.5 Å². The van der Waals surface area contributed by atoms with Gasteiger partial charge >= 0.3 is 0 Å². The van der Waals surface area contributed by atoms with Gasteiger partial charge in [0.2, 0.25) is 0 Å². The van der Waals surface area contributed by atoms with Gasteiger partial charge in [0.25, 0.3) is 0 Å². The fourth-order valence-electron chi connectivity index (χ4n) is 2.84. The number of likely N-dealkylation sites (N-methyl/N-ethyl adjacent to an activating group) is 1. The van der Waals surface area contributed by atoms with Gasteiger partial charge in [-0.05, 0) is 36.4 Å².